The van der Waals surface area contributed by atoms with Gasteiger partial charge in [-0.25, -0.2) is 15.0 Å². The summed E-state index contributed by atoms with van der Waals surface area (Å²) in [4.78, 5) is 28.8. The number of hydrogen-bond acceptors (Lipinski definition) is 6. The Kier molecular flexibility index (Phi) is 7.55. The molecule has 0 bridgehead atoms. The zero-order chi connectivity index (χ0) is 25.0. The second-order valence-corrected chi connectivity index (χ2v) is 8.98. The van der Waals surface area contributed by atoms with Crippen molar-refractivity contribution in [2.75, 3.05) is 31.1 Å². The van der Waals surface area contributed by atoms with Gasteiger partial charge < -0.3 is 15.0 Å². The van der Waals surface area contributed by atoms with Gasteiger partial charge in [0.05, 0.1) is 17.9 Å². The number of pyridine rings is 3. The van der Waals surface area contributed by atoms with E-state index in [2.05, 4.69) is 26.3 Å². The Morgan fingerprint density at radius 3 is 2.63 bits per heavy atom. The minimum Gasteiger partial charge on any atom is -0.477 e. The van der Waals surface area contributed by atoms with Crippen molar-refractivity contribution < 1.29 is 9.53 Å². The van der Waals surface area contributed by atoms with Crippen LogP contribution in [0.4, 0.5) is 5.82 Å². The SMILES string of the molecule is CC.CCOc1ncccc1-c1ccc2c(n1)C(=O)NCC21CCN(c2nccc(Cl)c2C)CC1. The number of hydrogen-bond donors (Lipinski definition) is 1. The summed E-state index contributed by atoms with van der Waals surface area (Å²) in [5, 5.41) is 3.82. The van der Waals surface area contributed by atoms with E-state index in [-0.39, 0.29) is 11.3 Å². The minimum absolute atomic E-state index is 0.130. The summed E-state index contributed by atoms with van der Waals surface area (Å²) in [5.74, 6) is 1.33. The molecule has 2 aliphatic heterocycles. The molecule has 0 unspecified atom stereocenters. The van der Waals surface area contributed by atoms with Crippen LogP contribution in [0.2, 0.25) is 5.02 Å². The molecule has 35 heavy (non-hydrogen) atoms. The van der Waals surface area contributed by atoms with Gasteiger partial charge in [-0.1, -0.05) is 31.5 Å². The average Bonchev–Trinajstić information content (AvgIpc) is 2.90. The number of carbonyl (C=O) groups is 1. The molecule has 1 amide bonds. The normalized spacial score (nSPS) is 16.1. The first-order valence-corrected chi connectivity index (χ1v) is 12.6. The summed E-state index contributed by atoms with van der Waals surface area (Å²) in [6.45, 7) is 10.7. The molecule has 1 spiro atoms. The molecule has 0 radical (unpaired) electrons. The Morgan fingerprint density at radius 1 is 1.11 bits per heavy atom. The number of anilines is 1. The summed E-state index contributed by atoms with van der Waals surface area (Å²) < 4.78 is 5.67. The molecule has 0 saturated carbocycles. The number of piperidine rings is 1. The van der Waals surface area contributed by atoms with Gasteiger partial charge in [-0.2, -0.15) is 0 Å². The highest BCUT2D eigenvalue weighted by atomic mass is 35.5. The highest BCUT2D eigenvalue weighted by molar-refractivity contribution is 6.31. The van der Waals surface area contributed by atoms with E-state index >= 15 is 0 Å². The van der Waals surface area contributed by atoms with Crippen LogP contribution < -0.4 is 15.0 Å². The van der Waals surface area contributed by atoms with Crippen LogP contribution in [0.1, 0.15) is 55.2 Å². The molecule has 0 aliphatic carbocycles. The van der Waals surface area contributed by atoms with Gasteiger partial charge in [0.25, 0.3) is 5.91 Å². The average molecular weight is 494 g/mol. The number of rotatable bonds is 4. The molecule has 2 aliphatic rings. The third-order valence-corrected chi connectivity index (χ3v) is 7.14. The minimum atomic E-state index is -0.143. The Morgan fingerprint density at radius 2 is 1.89 bits per heavy atom. The molecule has 8 heteroatoms. The van der Waals surface area contributed by atoms with E-state index in [0.717, 1.165) is 53.5 Å². The molecular weight excluding hydrogens is 462 g/mol. The number of amides is 1. The lowest BCUT2D eigenvalue weighted by Gasteiger charge is -2.45. The Balaban J connectivity index is 0.00000141. The van der Waals surface area contributed by atoms with E-state index < -0.39 is 0 Å². The van der Waals surface area contributed by atoms with Gasteiger partial charge in [-0.05, 0) is 56.5 Å². The van der Waals surface area contributed by atoms with E-state index in [1.54, 1.807) is 12.4 Å². The number of nitrogens with one attached hydrogen (secondary N) is 1. The lowest BCUT2D eigenvalue weighted by atomic mass is 9.70. The molecule has 184 valence electrons. The summed E-state index contributed by atoms with van der Waals surface area (Å²) in [6.07, 6.45) is 5.24. The smallest absolute Gasteiger partial charge is 0.270 e. The zero-order valence-corrected chi connectivity index (χ0v) is 21.5. The maximum atomic E-state index is 12.8. The van der Waals surface area contributed by atoms with Crippen LogP contribution in [0, 0.1) is 6.92 Å². The molecule has 0 aromatic carbocycles. The van der Waals surface area contributed by atoms with E-state index in [1.165, 1.54) is 0 Å². The Hall–Kier alpha value is -3.19. The van der Waals surface area contributed by atoms with Crippen molar-refractivity contribution in [1.82, 2.24) is 20.3 Å². The first-order valence-electron chi connectivity index (χ1n) is 12.3. The van der Waals surface area contributed by atoms with Gasteiger partial charge in [-0.3, -0.25) is 4.79 Å². The number of nitrogens with zero attached hydrogens (tertiary/aromatic N) is 4. The molecule has 7 nitrogen and oxygen atoms in total. The van der Waals surface area contributed by atoms with Crippen molar-refractivity contribution in [3.05, 3.63) is 64.6 Å². The highest BCUT2D eigenvalue weighted by Gasteiger charge is 2.43. The monoisotopic (exact) mass is 493 g/mol. The molecule has 1 N–H and O–H groups in total. The van der Waals surface area contributed by atoms with Gasteiger partial charge in [-0.15, -0.1) is 0 Å². The van der Waals surface area contributed by atoms with Crippen LogP contribution in [0.25, 0.3) is 11.3 Å². The number of halogens is 1. The largest absolute Gasteiger partial charge is 0.477 e. The lowest BCUT2D eigenvalue weighted by Crippen LogP contribution is -2.53. The number of fused-ring (bicyclic) bond motifs is 2. The molecule has 3 aromatic rings. The Bertz CT molecular complexity index is 1210. The fourth-order valence-corrected chi connectivity index (χ4v) is 5.03. The van der Waals surface area contributed by atoms with Crippen molar-refractivity contribution in [3.63, 3.8) is 0 Å². The molecule has 3 aromatic heterocycles. The highest BCUT2D eigenvalue weighted by Crippen LogP contribution is 2.41. The lowest BCUT2D eigenvalue weighted by molar-refractivity contribution is 0.0910. The van der Waals surface area contributed by atoms with E-state index in [0.29, 0.717) is 30.4 Å². The van der Waals surface area contributed by atoms with E-state index in [4.69, 9.17) is 21.3 Å². The summed E-state index contributed by atoms with van der Waals surface area (Å²) >= 11 is 6.32. The van der Waals surface area contributed by atoms with Crippen molar-refractivity contribution in [1.29, 1.82) is 0 Å². The zero-order valence-electron chi connectivity index (χ0n) is 20.8. The fourth-order valence-electron chi connectivity index (χ4n) is 4.89. The second-order valence-electron chi connectivity index (χ2n) is 8.57. The number of ether oxygens (including phenoxy) is 1. The van der Waals surface area contributed by atoms with Crippen LogP contribution in [-0.2, 0) is 5.41 Å². The van der Waals surface area contributed by atoms with Gasteiger partial charge in [0, 0.05) is 48.0 Å². The van der Waals surface area contributed by atoms with Crippen molar-refractivity contribution in [2.45, 2.75) is 46.0 Å². The number of aromatic nitrogens is 3. The third kappa shape index (κ3) is 4.69. The van der Waals surface area contributed by atoms with Crippen molar-refractivity contribution in [2.24, 2.45) is 0 Å². The maximum Gasteiger partial charge on any atom is 0.270 e. The molecule has 1 saturated heterocycles. The van der Waals surface area contributed by atoms with Gasteiger partial charge in [0.15, 0.2) is 0 Å². The summed E-state index contributed by atoms with van der Waals surface area (Å²) in [7, 11) is 0. The quantitative estimate of drug-likeness (QED) is 0.537. The fraction of sp³-hybridized carbons (Fsp3) is 0.407. The summed E-state index contributed by atoms with van der Waals surface area (Å²) in [6, 6.07) is 9.64. The van der Waals surface area contributed by atoms with Gasteiger partial charge >= 0.3 is 0 Å². The van der Waals surface area contributed by atoms with Crippen LogP contribution in [0.15, 0.2) is 42.7 Å². The third-order valence-electron chi connectivity index (χ3n) is 6.73. The predicted molar refractivity (Wildman–Crippen MR) is 139 cm³/mol. The topological polar surface area (TPSA) is 80.2 Å². The van der Waals surface area contributed by atoms with Crippen LogP contribution in [0.5, 0.6) is 5.88 Å². The van der Waals surface area contributed by atoms with Crippen molar-refractivity contribution in [3.8, 4) is 17.1 Å². The molecular formula is C27H32ClN5O2. The number of carbonyl (C=O) groups excluding carboxylic acids is 1. The second kappa shape index (κ2) is 10.6. The first-order chi connectivity index (χ1) is 17.0. The van der Waals surface area contributed by atoms with Crippen LogP contribution >= 0.6 is 11.6 Å². The predicted octanol–water partition coefficient (Wildman–Crippen LogP) is 5.21. The molecule has 5 heterocycles. The van der Waals surface area contributed by atoms with E-state index in [9.17, 15) is 4.79 Å². The van der Waals surface area contributed by atoms with Crippen LogP contribution in [-0.4, -0.2) is 47.1 Å². The molecule has 0 atom stereocenters. The molecule has 5 rings (SSSR count). The first kappa shape index (κ1) is 24.9. The van der Waals surface area contributed by atoms with E-state index in [1.807, 2.05) is 52.0 Å². The Labute approximate surface area is 211 Å². The van der Waals surface area contributed by atoms with Gasteiger partial charge in [0.1, 0.15) is 11.5 Å². The maximum absolute atomic E-state index is 12.8. The van der Waals surface area contributed by atoms with Crippen molar-refractivity contribution >= 4 is 23.3 Å². The standard InChI is InChI=1S/C25H26ClN5O2.C2H6/c1-3-33-24-17(5-4-11-28-24)20-7-6-18-21(30-20)23(32)29-15-25(18)9-13-31(14-10-25)22-16(2)19(26)8-12-27-22;1-2/h4-8,11-12H,3,9-10,13-15H2,1-2H3,(H,29,32);1-2H3. The summed E-state index contributed by atoms with van der Waals surface area (Å²) in [5.41, 5.74) is 3.85. The molecule has 1 fully saturated rings. The van der Waals surface area contributed by atoms with Crippen LogP contribution in [0.3, 0.4) is 0 Å². The van der Waals surface area contributed by atoms with Gasteiger partial charge in [0.2, 0.25) is 5.88 Å².